The van der Waals surface area contributed by atoms with E-state index < -0.39 is 0 Å². The standard InChI is InChI=1S/C7H5Br2O/c8-7(9)10-6-4-2-1-3-5-6/h1-4,7H. The first kappa shape index (κ1) is 8.08. The second kappa shape index (κ2) is 3.98. The van der Waals surface area contributed by atoms with Crippen LogP contribution in [0.15, 0.2) is 24.3 Å². The summed E-state index contributed by atoms with van der Waals surface area (Å²) in [6, 6.07) is 10.4. The maximum Gasteiger partial charge on any atom is 0.207 e. The van der Waals surface area contributed by atoms with Crippen LogP contribution in [0.25, 0.3) is 0 Å². The Balaban J connectivity index is 2.59. The monoisotopic (exact) mass is 263 g/mol. The number of hydrogen-bond donors (Lipinski definition) is 0. The summed E-state index contributed by atoms with van der Waals surface area (Å²) in [6.07, 6.45) is 0. The average Bonchev–Trinajstić information content (AvgIpc) is 1.88. The van der Waals surface area contributed by atoms with E-state index in [0.717, 1.165) is 5.75 Å². The van der Waals surface area contributed by atoms with Crippen LogP contribution in [-0.4, -0.2) is 3.92 Å². The lowest BCUT2D eigenvalue weighted by Crippen LogP contribution is -1.96. The summed E-state index contributed by atoms with van der Waals surface area (Å²) < 4.78 is 5.05. The minimum absolute atomic E-state index is 0.140. The molecule has 0 spiro atoms. The lowest BCUT2D eigenvalue weighted by Gasteiger charge is -2.04. The molecule has 0 aliphatic heterocycles. The third-order valence-corrected chi connectivity index (χ3v) is 1.27. The molecule has 0 amide bonds. The predicted molar refractivity (Wildman–Crippen MR) is 47.5 cm³/mol. The van der Waals surface area contributed by atoms with Gasteiger partial charge in [-0.25, -0.2) is 0 Å². The van der Waals surface area contributed by atoms with Crippen LogP contribution in [0.4, 0.5) is 0 Å². The summed E-state index contributed by atoms with van der Waals surface area (Å²) in [6.45, 7) is 0. The zero-order chi connectivity index (χ0) is 7.40. The molecule has 0 heterocycles. The van der Waals surface area contributed by atoms with E-state index in [1.807, 2.05) is 18.2 Å². The topological polar surface area (TPSA) is 9.23 Å². The molecule has 0 aliphatic rings. The Hall–Kier alpha value is -0.0200. The van der Waals surface area contributed by atoms with Gasteiger partial charge >= 0.3 is 0 Å². The Bertz CT molecular complexity index is 186. The van der Waals surface area contributed by atoms with E-state index in [4.69, 9.17) is 4.74 Å². The van der Waals surface area contributed by atoms with Gasteiger partial charge in [-0.3, -0.25) is 0 Å². The molecule has 0 saturated carbocycles. The second-order valence-corrected chi connectivity index (χ2v) is 4.50. The Labute approximate surface area is 76.6 Å². The van der Waals surface area contributed by atoms with Gasteiger partial charge in [0.15, 0.2) is 0 Å². The molecular formula is C7H5Br2O. The van der Waals surface area contributed by atoms with E-state index in [2.05, 4.69) is 37.9 Å². The van der Waals surface area contributed by atoms with E-state index in [1.54, 1.807) is 6.07 Å². The van der Waals surface area contributed by atoms with Gasteiger partial charge in [-0.1, -0.05) is 18.2 Å². The van der Waals surface area contributed by atoms with Crippen molar-refractivity contribution in [2.24, 2.45) is 0 Å². The largest absolute Gasteiger partial charge is 0.468 e. The van der Waals surface area contributed by atoms with Crippen LogP contribution in [0.1, 0.15) is 0 Å². The molecular weight excluding hydrogens is 260 g/mol. The molecule has 0 saturated heterocycles. The maximum atomic E-state index is 5.19. The molecule has 1 rings (SSSR count). The first-order valence-electron chi connectivity index (χ1n) is 2.70. The Kier molecular flexibility index (Phi) is 3.22. The van der Waals surface area contributed by atoms with Gasteiger partial charge in [0.05, 0.1) is 0 Å². The van der Waals surface area contributed by atoms with Crippen LogP contribution in [-0.2, 0) is 0 Å². The van der Waals surface area contributed by atoms with E-state index in [1.165, 1.54) is 0 Å². The van der Waals surface area contributed by atoms with Crippen molar-refractivity contribution in [1.29, 1.82) is 0 Å². The fourth-order valence-electron chi connectivity index (χ4n) is 0.546. The molecule has 0 aliphatic carbocycles. The summed E-state index contributed by atoms with van der Waals surface area (Å²) >= 11 is 6.37. The van der Waals surface area contributed by atoms with Gasteiger partial charge in [-0.05, 0) is 37.9 Å². The lowest BCUT2D eigenvalue weighted by atomic mass is 10.3. The number of para-hydroxylation sites is 1. The van der Waals surface area contributed by atoms with Crippen molar-refractivity contribution in [2.75, 3.05) is 0 Å². The number of ether oxygens (including phenoxy) is 1. The zero-order valence-electron chi connectivity index (χ0n) is 5.05. The highest BCUT2D eigenvalue weighted by Gasteiger charge is 1.96. The van der Waals surface area contributed by atoms with Gasteiger partial charge in [0.25, 0.3) is 0 Å². The second-order valence-electron chi connectivity index (χ2n) is 1.61. The molecule has 0 aromatic heterocycles. The number of rotatable bonds is 2. The highest BCUT2D eigenvalue weighted by Crippen LogP contribution is 2.16. The Morgan fingerprint density at radius 3 is 2.70 bits per heavy atom. The first-order chi connectivity index (χ1) is 4.79. The minimum atomic E-state index is -0.140. The predicted octanol–water partition coefficient (Wildman–Crippen LogP) is 2.94. The first-order valence-corrected chi connectivity index (χ1v) is 4.53. The van der Waals surface area contributed by atoms with Crippen LogP contribution >= 0.6 is 31.9 Å². The summed E-state index contributed by atoms with van der Waals surface area (Å²) in [5.74, 6) is 0.723. The van der Waals surface area contributed by atoms with Gasteiger partial charge in [0.1, 0.15) is 5.75 Å². The number of halogens is 2. The van der Waals surface area contributed by atoms with Crippen LogP contribution in [0.2, 0.25) is 0 Å². The fourth-order valence-corrected chi connectivity index (χ4v) is 0.949. The van der Waals surface area contributed by atoms with E-state index in [0.29, 0.717) is 0 Å². The van der Waals surface area contributed by atoms with Crippen LogP contribution in [0.3, 0.4) is 0 Å². The van der Waals surface area contributed by atoms with E-state index in [9.17, 15) is 0 Å². The molecule has 10 heavy (non-hydrogen) atoms. The van der Waals surface area contributed by atoms with Crippen molar-refractivity contribution >= 4 is 31.9 Å². The molecule has 1 nitrogen and oxygen atoms in total. The summed E-state index contributed by atoms with van der Waals surface area (Å²) in [7, 11) is 0. The minimum Gasteiger partial charge on any atom is -0.468 e. The molecule has 1 aromatic carbocycles. The summed E-state index contributed by atoms with van der Waals surface area (Å²) in [5, 5.41) is 0. The lowest BCUT2D eigenvalue weighted by molar-refractivity contribution is 0.375. The molecule has 0 unspecified atom stereocenters. The zero-order valence-corrected chi connectivity index (χ0v) is 8.22. The highest BCUT2D eigenvalue weighted by atomic mass is 79.9. The quantitative estimate of drug-likeness (QED) is 0.747. The maximum absolute atomic E-state index is 5.19. The van der Waals surface area contributed by atoms with Gasteiger partial charge in [-0.15, -0.1) is 0 Å². The van der Waals surface area contributed by atoms with Crippen LogP contribution < -0.4 is 4.74 Å². The molecule has 0 atom stereocenters. The average molecular weight is 265 g/mol. The molecule has 1 radical (unpaired) electrons. The van der Waals surface area contributed by atoms with Crippen molar-refractivity contribution in [3.63, 3.8) is 0 Å². The third kappa shape index (κ3) is 2.71. The molecule has 0 fully saturated rings. The van der Waals surface area contributed by atoms with E-state index >= 15 is 0 Å². The third-order valence-electron chi connectivity index (χ3n) is 0.897. The number of benzene rings is 1. The highest BCUT2D eigenvalue weighted by molar-refractivity contribution is 9.24. The van der Waals surface area contributed by atoms with Gasteiger partial charge < -0.3 is 4.74 Å². The van der Waals surface area contributed by atoms with Crippen molar-refractivity contribution in [3.05, 3.63) is 30.3 Å². The normalized spacial score (nSPS) is 9.90. The summed E-state index contributed by atoms with van der Waals surface area (Å²) in [5.41, 5.74) is 0. The smallest absolute Gasteiger partial charge is 0.207 e. The van der Waals surface area contributed by atoms with Crippen molar-refractivity contribution in [1.82, 2.24) is 0 Å². The number of hydrogen-bond acceptors (Lipinski definition) is 1. The van der Waals surface area contributed by atoms with Gasteiger partial charge in [0, 0.05) is 6.07 Å². The number of alkyl halides is 2. The fraction of sp³-hybridized carbons (Fsp3) is 0.143. The van der Waals surface area contributed by atoms with Gasteiger partial charge in [0.2, 0.25) is 3.92 Å². The van der Waals surface area contributed by atoms with E-state index in [-0.39, 0.29) is 3.92 Å². The summed E-state index contributed by atoms with van der Waals surface area (Å²) in [4.78, 5) is 0. The van der Waals surface area contributed by atoms with Crippen molar-refractivity contribution in [3.8, 4) is 5.75 Å². The van der Waals surface area contributed by atoms with Crippen LogP contribution in [0, 0.1) is 6.07 Å². The molecule has 0 N–H and O–H groups in total. The molecule has 53 valence electrons. The molecule has 1 aromatic rings. The molecule has 3 heteroatoms. The molecule has 0 bridgehead atoms. The van der Waals surface area contributed by atoms with Gasteiger partial charge in [-0.2, -0.15) is 0 Å². The van der Waals surface area contributed by atoms with Crippen molar-refractivity contribution < 1.29 is 4.74 Å². The van der Waals surface area contributed by atoms with Crippen LogP contribution in [0.5, 0.6) is 5.75 Å². The Morgan fingerprint density at radius 2 is 2.20 bits per heavy atom. The van der Waals surface area contributed by atoms with Crippen molar-refractivity contribution in [2.45, 2.75) is 3.92 Å². The Morgan fingerprint density at radius 1 is 1.40 bits per heavy atom. The SMILES string of the molecule is BrC(Br)Oc1[c]cccc1.